The lowest BCUT2D eigenvalue weighted by Crippen LogP contribution is -2.31. The van der Waals surface area contributed by atoms with Crippen LogP contribution in [-0.2, 0) is 21.4 Å². The van der Waals surface area contributed by atoms with Crippen LogP contribution in [0.5, 0.6) is 5.88 Å². The van der Waals surface area contributed by atoms with Crippen LogP contribution in [0.25, 0.3) is 10.3 Å². The Kier molecular flexibility index (Phi) is 8.82. The number of furan rings is 1. The molecule has 1 aliphatic carbocycles. The van der Waals surface area contributed by atoms with Gasteiger partial charge < -0.3 is 14.5 Å². The number of benzene rings is 1. The summed E-state index contributed by atoms with van der Waals surface area (Å²) in [4.78, 5) is 23.4. The quantitative estimate of drug-likeness (QED) is 0.212. The smallest absolute Gasteiger partial charge is 0.243 e. The largest absolute Gasteiger partial charge is 0.481 e. The number of carbonyl (C=O) groups is 1. The highest BCUT2D eigenvalue weighted by Gasteiger charge is 2.29. The standard InChI is InChI=1S/C29H34N4O5S2/c1-3-16-33(19-22-9-6-17-38-22)40(35,36)23-12-10-21(11-13-23)24(18-20-7-4-5-8-20)27(34)32-29-30-25-14-15-26(37-2)31-28(25)39-29/h6,9-15,17,20,24H,3-5,7-8,16,18-19H2,1-2H3,(H,30,32,34). The van der Waals surface area contributed by atoms with Crippen molar-refractivity contribution in [3.8, 4) is 5.88 Å². The van der Waals surface area contributed by atoms with E-state index in [0.717, 1.165) is 18.4 Å². The zero-order valence-corrected chi connectivity index (χ0v) is 24.3. The number of amides is 1. The minimum atomic E-state index is -3.75. The lowest BCUT2D eigenvalue weighted by molar-refractivity contribution is -0.118. The lowest BCUT2D eigenvalue weighted by atomic mass is 9.87. The minimum Gasteiger partial charge on any atom is -0.481 e. The van der Waals surface area contributed by atoms with Crippen LogP contribution in [0, 0.1) is 5.92 Å². The number of aromatic nitrogens is 2. The number of hydrogen-bond donors (Lipinski definition) is 1. The molecular weight excluding hydrogens is 548 g/mol. The molecule has 11 heteroatoms. The molecule has 1 saturated carbocycles. The molecular formula is C29H34N4O5S2. The number of hydrogen-bond acceptors (Lipinski definition) is 8. The van der Waals surface area contributed by atoms with Crippen molar-refractivity contribution in [1.29, 1.82) is 0 Å². The van der Waals surface area contributed by atoms with E-state index in [1.165, 1.54) is 34.7 Å². The van der Waals surface area contributed by atoms with E-state index in [9.17, 15) is 13.2 Å². The van der Waals surface area contributed by atoms with Crippen LogP contribution < -0.4 is 10.1 Å². The first-order chi connectivity index (χ1) is 19.4. The van der Waals surface area contributed by atoms with Crippen molar-refractivity contribution < 1.29 is 22.4 Å². The number of pyridine rings is 1. The molecule has 4 aromatic rings. The molecule has 0 aliphatic heterocycles. The van der Waals surface area contributed by atoms with Crippen LogP contribution in [0.1, 0.15) is 62.7 Å². The minimum absolute atomic E-state index is 0.154. The van der Waals surface area contributed by atoms with Crippen molar-refractivity contribution in [2.75, 3.05) is 19.0 Å². The van der Waals surface area contributed by atoms with Gasteiger partial charge in [0.1, 0.15) is 16.1 Å². The third kappa shape index (κ3) is 6.37. The molecule has 3 heterocycles. The summed E-state index contributed by atoms with van der Waals surface area (Å²) in [7, 11) is -2.19. The summed E-state index contributed by atoms with van der Waals surface area (Å²) in [5, 5.41) is 3.47. The Bertz CT molecular complexity index is 1530. The van der Waals surface area contributed by atoms with Crippen molar-refractivity contribution in [3.63, 3.8) is 0 Å². The maximum atomic E-state index is 13.6. The van der Waals surface area contributed by atoms with Crippen LogP contribution in [0.15, 0.2) is 64.1 Å². The van der Waals surface area contributed by atoms with Gasteiger partial charge in [-0.2, -0.15) is 4.31 Å². The number of nitrogens with zero attached hydrogens (tertiary/aromatic N) is 3. The van der Waals surface area contributed by atoms with Crippen LogP contribution in [0.2, 0.25) is 0 Å². The molecule has 5 rings (SSSR count). The normalized spacial score (nSPS) is 15.1. The third-order valence-electron chi connectivity index (χ3n) is 7.34. The van der Waals surface area contributed by atoms with Gasteiger partial charge in [-0.1, -0.05) is 56.1 Å². The van der Waals surface area contributed by atoms with E-state index in [0.29, 0.717) is 52.4 Å². The number of thiazole rings is 1. The van der Waals surface area contributed by atoms with Crippen molar-refractivity contribution >= 4 is 42.7 Å². The van der Waals surface area contributed by atoms with E-state index in [1.807, 2.05) is 13.0 Å². The van der Waals surface area contributed by atoms with Crippen LogP contribution >= 0.6 is 11.3 Å². The first-order valence-corrected chi connectivity index (χ1v) is 15.9. The average Bonchev–Trinajstić information content (AvgIpc) is 3.73. The van der Waals surface area contributed by atoms with Crippen molar-refractivity contribution in [1.82, 2.24) is 14.3 Å². The fourth-order valence-corrected chi connectivity index (χ4v) is 7.60. The Hall–Kier alpha value is -3.28. The van der Waals surface area contributed by atoms with E-state index >= 15 is 0 Å². The number of fused-ring (bicyclic) bond motifs is 1. The predicted molar refractivity (Wildman–Crippen MR) is 155 cm³/mol. The monoisotopic (exact) mass is 582 g/mol. The molecule has 1 unspecified atom stereocenters. The van der Waals surface area contributed by atoms with Gasteiger partial charge in [-0.05, 0) is 54.7 Å². The first-order valence-electron chi connectivity index (χ1n) is 13.6. The maximum Gasteiger partial charge on any atom is 0.243 e. The number of ether oxygens (including phenoxy) is 1. The molecule has 1 aromatic carbocycles. The molecule has 0 radical (unpaired) electrons. The van der Waals surface area contributed by atoms with Gasteiger partial charge in [0, 0.05) is 12.6 Å². The summed E-state index contributed by atoms with van der Waals surface area (Å²) in [6.45, 7) is 2.49. The maximum absolute atomic E-state index is 13.6. The van der Waals surface area contributed by atoms with Crippen molar-refractivity contribution in [2.24, 2.45) is 5.92 Å². The van der Waals surface area contributed by atoms with Crippen LogP contribution in [-0.4, -0.2) is 42.3 Å². The van der Waals surface area contributed by atoms with Gasteiger partial charge in [-0.15, -0.1) is 0 Å². The van der Waals surface area contributed by atoms with E-state index < -0.39 is 15.9 Å². The summed E-state index contributed by atoms with van der Waals surface area (Å²) in [6, 6.07) is 13.8. The topological polar surface area (TPSA) is 115 Å². The Morgan fingerprint density at radius 3 is 2.60 bits per heavy atom. The number of carbonyl (C=O) groups excluding carboxylic acids is 1. The highest BCUT2D eigenvalue weighted by molar-refractivity contribution is 7.89. The Morgan fingerprint density at radius 2 is 1.93 bits per heavy atom. The lowest BCUT2D eigenvalue weighted by Gasteiger charge is -2.22. The zero-order valence-electron chi connectivity index (χ0n) is 22.7. The molecule has 212 valence electrons. The molecule has 1 N–H and O–H groups in total. The van der Waals surface area contributed by atoms with E-state index in [4.69, 9.17) is 9.15 Å². The molecule has 0 spiro atoms. The van der Waals surface area contributed by atoms with E-state index in [2.05, 4.69) is 15.3 Å². The summed E-state index contributed by atoms with van der Waals surface area (Å²) in [5.41, 5.74) is 1.48. The fourth-order valence-electron chi connectivity index (χ4n) is 5.26. The molecule has 1 atom stereocenters. The molecule has 1 aliphatic rings. The fraction of sp³-hybridized carbons (Fsp3) is 0.414. The van der Waals surface area contributed by atoms with Crippen LogP contribution in [0.4, 0.5) is 5.13 Å². The second-order valence-electron chi connectivity index (χ2n) is 10.1. The van der Waals surface area contributed by atoms with Gasteiger partial charge >= 0.3 is 0 Å². The molecule has 3 aromatic heterocycles. The Balaban J connectivity index is 1.38. The molecule has 1 fully saturated rings. The number of anilines is 1. The molecule has 0 saturated heterocycles. The summed E-state index contributed by atoms with van der Waals surface area (Å²) in [6.07, 6.45) is 7.46. The average molecular weight is 583 g/mol. The molecule has 40 heavy (non-hydrogen) atoms. The number of sulfonamides is 1. The van der Waals surface area contributed by atoms with Gasteiger partial charge in [-0.25, -0.2) is 18.4 Å². The highest BCUT2D eigenvalue weighted by atomic mass is 32.2. The summed E-state index contributed by atoms with van der Waals surface area (Å²) >= 11 is 1.30. The highest BCUT2D eigenvalue weighted by Crippen LogP contribution is 2.36. The number of methoxy groups -OCH3 is 1. The summed E-state index contributed by atoms with van der Waals surface area (Å²) in [5.74, 6) is 0.951. The SMILES string of the molecule is CCCN(Cc1ccco1)S(=O)(=O)c1ccc(C(CC2CCCC2)C(=O)Nc2nc3ccc(OC)nc3s2)cc1. The Labute approximate surface area is 238 Å². The Morgan fingerprint density at radius 1 is 1.15 bits per heavy atom. The van der Waals surface area contributed by atoms with Crippen molar-refractivity contribution in [3.05, 3.63) is 66.1 Å². The van der Waals surface area contributed by atoms with Crippen LogP contribution in [0.3, 0.4) is 0 Å². The van der Waals surface area contributed by atoms with Gasteiger partial charge in [-0.3, -0.25) is 4.79 Å². The van der Waals surface area contributed by atoms with E-state index in [1.54, 1.807) is 49.6 Å². The molecule has 0 bridgehead atoms. The second kappa shape index (κ2) is 12.5. The first kappa shape index (κ1) is 28.3. The second-order valence-corrected chi connectivity index (χ2v) is 13.0. The molecule has 9 nitrogen and oxygen atoms in total. The van der Waals surface area contributed by atoms with Gasteiger partial charge in [0.05, 0.1) is 30.7 Å². The third-order valence-corrected chi connectivity index (χ3v) is 10.1. The van der Waals surface area contributed by atoms with Gasteiger partial charge in [0.25, 0.3) is 0 Å². The van der Waals surface area contributed by atoms with Gasteiger partial charge in [0.2, 0.25) is 21.8 Å². The zero-order chi connectivity index (χ0) is 28.1. The van der Waals surface area contributed by atoms with E-state index in [-0.39, 0.29) is 17.3 Å². The van der Waals surface area contributed by atoms with Gasteiger partial charge in [0.15, 0.2) is 5.13 Å². The number of rotatable bonds is 12. The van der Waals surface area contributed by atoms with Crippen molar-refractivity contribution in [2.45, 2.75) is 62.8 Å². The summed E-state index contributed by atoms with van der Waals surface area (Å²) < 4.78 is 39.0. The number of nitrogens with one attached hydrogen (secondary N) is 1. The molecule has 1 amide bonds. The predicted octanol–water partition coefficient (Wildman–Crippen LogP) is 6.20.